The number of hydrogen-bond acceptors (Lipinski definition) is 4. The van der Waals surface area contributed by atoms with Crippen molar-refractivity contribution in [3.8, 4) is 0 Å². The first-order valence-electron chi connectivity index (χ1n) is 9.05. The molecule has 0 bridgehead atoms. The monoisotopic (exact) mass is 351 g/mol. The van der Waals surface area contributed by atoms with Crippen LogP contribution in [0.3, 0.4) is 0 Å². The van der Waals surface area contributed by atoms with Crippen LogP contribution in [0.4, 0.5) is 0 Å². The maximum atomic E-state index is 5.98. The molecule has 3 aliphatic rings. The maximum Gasteiger partial charge on any atom is 0.0785 e. The summed E-state index contributed by atoms with van der Waals surface area (Å²) in [7, 11) is 0. The predicted octanol–water partition coefficient (Wildman–Crippen LogP) is 2.75. The highest BCUT2D eigenvalue weighted by atomic mass is 35.5. The van der Waals surface area contributed by atoms with Crippen LogP contribution in [-0.2, 0) is 16.0 Å². The molecule has 2 atom stereocenters. The van der Waals surface area contributed by atoms with E-state index in [1.165, 1.54) is 19.4 Å². The summed E-state index contributed by atoms with van der Waals surface area (Å²) < 4.78 is 13.5. The van der Waals surface area contributed by atoms with Crippen LogP contribution >= 0.6 is 11.6 Å². The van der Waals surface area contributed by atoms with Gasteiger partial charge in [-0.25, -0.2) is 0 Å². The van der Waals surface area contributed by atoms with Crippen molar-refractivity contribution in [3.05, 3.63) is 29.1 Å². The Bertz CT molecular complexity index is 599. The van der Waals surface area contributed by atoms with E-state index < -0.39 is 0 Å². The number of piperidine rings is 1. The van der Waals surface area contributed by atoms with E-state index in [-0.39, 0.29) is 5.41 Å². The van der Waals surface area contributed by atoms with E-state index in [0.717, 1.165) is 52.4 Å². The molecule has 6 heteroatoms. The molecule has 5 nitrogen and oxygen atoms in total. The summed E-state index contributed by atoms with van der Waals surface area (Å²) in [5.41, 5.74) is 1.77. The molecule has 4 heterocycles. The highest BCUT2D eigenvalue weighted by molar-refractivity contribution is 6.30. The second-order valence-corrected chi connectivity index (χ2v) is 7.57. The molecule has 0 radical (unpaired) electrons. The summed E-state index contributed by atoms with van der Waals surface area (Å²) in [5.74, 6) is 0. The van der Waals surface area contributed by atoms with E-state index in [2.05, 4.69) is 16.1 Å². The Hall–Kier alpha value is -0.880. The van der Waals surface area contributed by atoms with Crippen molar-refractivity contribution in [2.75, 3.05) is 39.5 Å². The summed E-state index contributed by atoms with van der Waals surface area (Å²) in [6.45, 7) is 6.44. The third-order valence-electron chi connectivity index (χ3n) is 5.86. The number of halogens is 1. The fourth-order valence-electron chi connectivity index (χ4n) is 4.75. The van der Waals surface area contributed by atoms with E-state index in [4.69, 9.17) is 21.1 Å². The zero-order valence-electron chi connectivity index (χ0n) is 14.1. The van der Waals surface area contributed by atoms with Crippen LogP contribution in [0.15, 0.2) is 24.0 Å². The number of rotatable bonds is 4. The SMILES string of the molecule is Clc1cnn(CCN2CCC[C@@]3(C4=CCOCC4)COCC[C@H]23)c1. The van der Waals surface area contributed by atoms with Crippen LogP contribution in [0.25, 0.3) is 0 Å². The van der Waals surface area contributed by atoms with Crippen molar-refractivity contribution in [2.45, 2.75) is 38.3 Å². The lowest BCUT2D eigenvalue weighted by Crippen LogP contribution is -2.58. The highest BCUT2D eigenvalue weighted by Crippen LogP contribution is 2.47. The van der Waals surface area contributed by atoms with Gasteiger partial charge in [-0.3, -0.25) is 9.58 Å². The van der Waals surface area contributed by atoms with Crippen LogP contribution in [0.2, 0.25) is 5.02 Å². The molecular weight excluding hydrogens is 326 g/mol. The Morgan fingerprint density at radius 1 is 1.29 bits per heavy atom. The van der Waals surface area contributed by atoms with Crippen molar-refractivity contribution in [1.29, 1.82) is 0 Å². The Morgan fingerprint density at radius 3 is 3.04 bits per heavy atom. The normalized spacial score (nSPS) is 31.5. The quantitative estimate of drug-likeness (QED) is 0.782. The Kier molecular flexibility index (Phi) is 4.95. The minimum Gasteiger partial charge on any atom is -0.380 e. The second-order valence-electron chi connectivity index (χ2n) is 7.13. The van der Waals surface area contributed by atoms with Gasteiger partial charge in [-0.05, 0) is 32.2 Å². The number of likely N-dealkylation sites (tertiary alicyclic amines) is 1. The summed E-state index contributed by atoms with van der Waals surface area (Å²) >= 11 is 5.98. The van der Waals surface area contributed by atoms with Gasteiger partial charge < -0.3 is 9.47 Å². The molecule has 0 amide bonds. The molecule has 0 aromatic carbocycles. The first-order valence-corrected chi connectivity index (χ1v) is 9.43. The lowest BCUT2D eigenvalue weighted by molar-refractivity contribution is -0.0854. The summed E-state index contributed by atoms with van der Waals surface area (Å²) in [6, 6.07) is 0.579. The van der Waals surface area contributed by atoms with Crippen LogP contribution < -0.4 is 0 Å². The van der Waals surface area contributed by atoms with Crippen molar-refractivity contribution in [3.63, 3.8) is 0 Å². The molecular formula is C18H26ClN3O2. The van der Waals surface area contributed by atoms with Gasteiger partial charge in [0, 0.05) is 30.8 Å². The second kappa shape index (κ2) is 7.16. The lowest BCUT2D eigenvalue weighted by Gasteiger charge is -2.54. The van der Waals surface area contributed by atoms with Crippen molar-refractivity contribution in [2.24, 2.45) is 5.41 Å². The number of nitrogens with zero attached hydrogens (tertiary/aromatic N) is 3. The van der Waals surface area contributed by atoms with Crippen LogP contribution in [0.1, 0.15) is 25.7 Å². The third kappa shape index (κ3) is 3.15. The molecule has 4 rings (SSSR count). The van der Waals surface area contributed by atoms with Gasteiger partial charge in [0.2, 0.25) is 0 Å². The third-order valence-corrected chi connectivity index (χ3v) is 6.06. The van der Waals surface area contributed by atoms with Gasteiger partial charge >= 0.3 is 0 Å². The summed E-state index contributed by atoms with van der Waals surface area (Å²) in [5, 5.41) is 5.03. The zero-order valence-corrected chi connectivity index (χ0v) is 14.9. The number of aromatic nitrogens is 2. The molecule has 132 valence electrons. The van der Waals surface area contributed by atoms with Gasteiger partial charge in [0.05, 0.1) is 37.6 Å². The number of hydrogen-bond donors (Lipinski definition) is 0. The first-order chi connectivity index (χ1) is 11.8. The molecule has 0 unspecified atom stereocenters. The van der Waals surface area contributed by atoms with Gasteiger partial charge in [0.25, 0.3) is 0 Å². The topological polar surface area (TPSA) is 39.5 Å². The Balaban J connectivity index is 1.51. The summed E-state index contributed by atoms with van der Waals surface area (Å²) in [4.78, 5) is 2.66. The Labute approximate surface area is 148 Å². The molecule has 2 saturated heterocycles. The predicted molar refractivity (Wildman–Crippen MR) is 93.2 cm³/mol. The molecule has 3 aliphatic heterocycles. The first kappa shape index (κ1) is 16.6. The minimum atomic E-state index is 0.196. The fourth-order valence-corrected chi connectivity index (χ4v) is 4.91. The van der Waals surface area contributed by atoms with E-state index in [9.17, 15) is 0 Å². The van der Waals surface area contributed by atoms with Crippen molar-refractivity contribution < 1.29 is 9.47 Å². The minimum absolute atomic E-state index is 0.196. The van der Waals surface area contributed by atoms with E-state index in [0.29, 0.717) is 11.1 Å². The van der Waals surface area contributed by atoms with Gasteiger partial charge in [-0.1, -0.05) is 23.3 Å². The summed E-state index contributed by atoms with van der Waals surface area (Å²) in [6.07, 6.45) is 10.6. The van der Waals surface area contributed by atoms with Crippen molar-refractivity contribution >= 4 is 11.6 Å². The molecule has 0 aliphatic carbocycles. The van der Waals surface area contributed by atoms with Crippen molar-refractivity contribution in [1.82, 2.24) is 14.7 Å². The van der Waals surface area contributed by atoms with Gasteiger partial charge in [-0.15, -0.1) is 0 Å². The lowest BCUT2D eigenvalue weighted by atomic mass is 9.65. The smallest absolute Gasteiger partial charge is 0.0785 e. The van der Waals surface area contributed by atoms with E-state index >= 15 is 0 Å². The van der Waals surface area contributed by atoms with Gasteiger partial charge in [-0.2, -0.15) is 5.10 Å². The molecule has 0 N–H and O–H groups in total. The average Bonchev–Trinajstić information content (AvgIpc) is 3.06. The molecule has 2 fully saturated rings. The Morgan fingerprint density at radius 2 is 2.25 bits per heavy atom. The van der Waals surface area contributed by atoms with E-state index in [1.807, 2.05) is 10.9 Å². The van der Waals surface area contributed by atoms with Crippen LogP contribution in [0.5, 0.6) is 0 Å². The molecule has 1 aromatic rings. The van der Waals surface area contributed by atoms with Gasteiger partial charge in [0.1, 0.15) is 0 Å². The van der Waals surface area contributed by atoms with E-state index in [1.54, 1.807) is 11.8 Å². The highest BCUT2D eigenvalue weighted by Gasteiger charge is 2.48. The molecule has 1 aromatic heterocycles. The molecule has 0 spiro atoms. The fraction of sp³-hybridized carbons (Fsp3) is 0.722. The average molecular weight is 352 g/mol. The van der Waals surface area contributed by atoms with Gasteiger partial charge in [0.15, 0.2) is 0 Å². The largest absolute Gasteiger partial charge is 0.380 e. The van der Waals surface area contributed by atoms with Crippen LogP contribution in [0, 0.1) is 5.41 Å². The number of fused-ring (bicyclic) bond motifs is 1. The maximum absolute atomic E-state index is 5.98. The molecule has 24 heavy (non-hydrogen) atoms. The molecule has 0 saturated carbocycles. The standard InChI is InChI=1S/C18H26ClN3O2/c19-16-12-20-22(13-16)8-7-21-6-1-5-18(14-24-11-4-17(18)21)15-2-9-23-10-3-15/h2,12-13,17H,1,3-11,14H2/t17-,18-/m0/s1. The van der Waals surface area contributed by atoms with Crippen LogP contribution in [-0.4, -0.2) is 60.2 Å². The number of ether oxygens (including phenoxy) is 2. The zero-order chi connectivity index (χ0) is 16.4.